The number of carbonyl (C=O) groups excluding carboxylic acids is 1. The van der Waals surface area contributed by atoms with Crippen LogP contribution in [0.2, 0.25) is 5.15 Å². The van der Waals surface area contributed by atoms with Crippen LogP contribution in [-0.2, 0) is 0 Å². The number of urea groups is 1. The van der Waals surface area contributed by atoms with Crippen molar-refractivity contribution in [3.63, 3.8) is 0 Å². The van der Waals surface area contributed by atoms with Gasteiger partial charge in [-0.1, -0.05) is 11.6 Å². The summed E-state index contributed by atoms with van der Waals surface area (Å²) in [6.45, 7) is 0.402. The summed E-state index contributed by atoms with van der Waals surface area (Å²) >= 11 is 13.0. The molecule has 0 fully saturated rings. The van der Waals surface area contributed by atoms with Crippen molar-refractivity contribution in [2.24, 2.45) is 0 Å². The molecule has 0 atom stereocenters. The highest BCUT2D eigenvalue weighted by Crippen LogP contribution is 2.30. The molecule has 1 aromatic carbocycles. The zero-order chi connectivity index (χ0) is 16.8. The third-order valence-corrected chi connectivity index (χ3v) is 4.22. The first-order valence-corrected chi connectivity index (χ1v) is 8.77. The lowest BCUT2D eigenvalue weighted by Crippen LogP contribution is -2.30. The predicted molar refractivity (Wildman–Crippen MR) is 96.4 cm³/mol. The Labute approximate surface area is 148 Å². The number of nitrogens with two attached hydrogens (primary N) is 1. The number of anilines is 2. The van der Waals surface area contributed by atoms with E-state index in [0.29, 0.717) is 39.8 Å². The lowest BCUT2D eigenvalue weighted by Gasteiger charge is -2.09. The molecule has 0 aliphatic carbocycles. The molecule has 4 N–H and O–H groups in total. The first kappa shape index (κ1) is 17.7. The Hall–Kier alpha value is -1.70. The average molecular weight is 372 g/mol. The van der Waals surface area contributed by atoms with E-state index in [2.05, 4.69) is 20.6 Å². The van der Waals surface area contributed by atoms with E-state index in [4.69, 9.17) is 28.9 Å². The quantitative estimate of drug-likeness (QED) is 0.425. The van der Waals surface area contributed by atoms with Crippen LogP contribution in [0, 0.1) is 0 Å². The van der Waals surface area contributed by atoms with E-state index in [1.165, 1.54) is 11.8 Å². The van der Waals surface area contributed by atoms with Gasteiger partial charge in [0.05, 0.1) is 4.90 Å². The van der Waals surface area contributed by atoms with Gasteiger partial charge in [0.2, 0.25) is 0 Å². The summed E-state index contributed by atoms with van der Waals surface area (Å²) in [7, 11) is 0. The second-order valence-electron chi connectivity index (χ2n) is 4.40. The standard InChI is InChI=1S/C14H15Cl2N5OS/c1-23-10-11(16)20-13(21-12(10)17)8-2-4-9(5-3-8)19-14(22)18-7-6-15/h2-5H,6-7H2,1H3,(H2,17,20,21)(H2,18,19,22). The largest absolute Gasteiger partial charge is 0.383 e. The summed E-state index contributed by atoms with van der Waals surface area (Å²) in [4.78, 5) is 20.7. The Kier molecular flexibility index (Phi) is 6.32. The molecule has 1 heterocycles. The number of carbonyl (C=O) groups is 1. The van der Waals surface area contributed by atoms with Crippen LogP contribution in [0.1, 0.15) is 0 Å². The van der Waals surface area contributed by atoms with E-state index in [0.717, 1.165) is 5.56 Å². The highest BCUT2D eigenvalue weighted by molar-refractivity contribution is 7.98. The van der Waals surface area contributed by atoms with Gasteiger partial charge in [-0.2, -0.15) is 0 Å². The Balaban J connectivity index is 2.15. The molecular formula is C14H15Cl2N5OS. The van der Waals surface area contributed by atoms with Crippen LogP contribution in [-0.4, -0.2) is 34.7 Å². The third kappa shape index (κ3) is 4.63. The highest BCUT2D eigenvalue weighted by atomic mass is 35.5. The van der Waals surface area contributed by atoms with Crippen molar-refractivity contribution >= 4 is 52.5 Å². The van der Waals surface area contributed by atoms with Crippen molar-refractivity contribution in [1.29, 1.82) is 0 Å². The Bertz CT molecular complexity index is 673. The molecule has 23 heavy (non-hydrogen) atoms. The van der Waals surface area contributed by atoms with E-state index < -0.39 is 0 Å². The lowest BCUT2D eigenvalue weighted by molar-refractivity contribution is 0.252. The van der Waals surface area contributed by atoms with Crippen LogP contribution in [0.3, 0.4) is 0 Å². The fourth-order valence-corrected chi connectivity index (χ4v) is 2.77. The number of nitrogens with one attached hydrogen (secondary N) is 2. The van der Waals surface area contributed by atoms with Gasteiger partial charge in [0.25, 0.3) is 0 Å². The molecule has 0 aliphatic heterocycles. The topological polar surface area (TPSA) is 92.9 Å². The number of halogens is 2. The number of nitrogens with zero attached hydrogens (tertiary/aromatic N) is 2. The molecule has 0 saturated carbocycles. The minimum atomic E-state index is -0.314. The molecular weight excluding hydrogens is 357 g/mol. The van der Waals surface area contributed by atoms with Crippen LogP contribution in [0.5, 0.6) is 0 Å². The molecule has 0 saturated heterocycles. The number of hydrogen-bond acceptors (Lipinski definition) is 5. The molecule has 0 spiro atoms. The Morgan fingerprint density at radius 2 is 2.00 bits per heavy atom. The first-order chi connectivity index (χ1) is 11.0. The number of aromatic nitrogens is 2. The minimum Gasteiger partial charge on any atom is -0.383 e. The van der Waals surface area contributed by atoms with Gasteiger partial charge in [-0.05, 0) is 30.5 Å². The highest BCUT2D eigenvalue weighted by Gasteiger charge is 2.11. The predicted octanol–water partition coefficient (Wildman–Crippen LogP) is 3.46. The lowest BCUT2D eigenvalue weighted by atomic mass is 10.2. The number of thioether (sulfide) groups is 1. The third-order valence-electron chi connectivity index (χ3n) is 2.84. The number of alkyl halides is 1. The van der Waals surface area contributed by atoms with Crippen molar-refractivity contribution in [3.8, 4) is 11.4 Å². The molecule has 9 heteroatoms. The molecule has 122 valence electrons. The van der Waals surface area contributed by atoms with Gasteiger partial charge >= 0.3 is 6.03 Å². The second-order valence-corrected chi connectivity index (χ2v) is 5.96. The maximum atomic E-state index is 11.5. The summed E-state index contributed by atoms with van der Waals surface area (Å²) in [5.41, 5.74) is 7.27. The van der Waals surface area contributed by atoms with Crippen molar-refractivity contribution in [2.75, 3.05) is 29.7 Å². The van der Waals surface area contributed by atoms with E-state index in [1.54, 1.807) is 24.3 Å². The van der Waals surface area contributed by atoms with Crippen LogP contribution < -0.4 is 16.4 Å². The monoisotopic (exact) mass is 371 g/mol. The Morgan fingerprint density at radius 1 is 1.30 bits per heavy atom. The molecule has 0 radical (unpaired) electrons. The van der Waals surface area contributed by atoms with Crippen LogP contribution >= 0.6 is 35.0 Å². The van der Waals surface area contributed by atoms with Gasteiger partial charge in [0.15, 0.2) is 5.82 Å². The maximum absolute atomic E-state index is 11.5. The molecule has 2 aromatic rings. The summed E-state index contributed by atoms with van der Waals surface area (Å²) in [6.07, 6.45) is 1.86. The van der Waals surface area contributed by atoms with E-state index in [9.17, 15) is 4.79 Å². The van der Waals surface area contributed by atoms with Crippen LogP contribution in [0.25, 0.3) is 11.4 Å². The van der Waals surface area contributed by atoms with Crippen LogP contribution in [0.15, 0.2) is 29.2 Å². The molecule has 1 aromatic heterocycles. The van der Waals surface area contributed by atoms with E-state index >= 15 is 0 Å². The summed E-state index contributed by atoms with van der Waals surface area (Å²) in [6, 6.07) is 6.73. The smallest absolute Gasteiger partial charge is 0.319 e. The summed E-state index contributed by atoms with van der Waals surface area (Å²) in [5.74, 6) is 1.14. The van der Waals surface area contributed by atoms with Crippen LogP contribution in [0.4, 0.5) is 16.3 Å². The minimum absolute atomic E-state index is 0.314. The van der Waals surface area contributed by atoms with Gasteiger partial charge in [-0.15, -0.1) is 23.4 Å². The Morgan fingerprint density at radius 3 is 2.57 bits per heavy atom. The number of amides is 2. The second kappa shape index (κ2) is 8.24. The van der Waals surface area contributed by atoms with Gasteiger partial charge in [0, 0.05) is 23.7 Å². The number of rotatable bonds is 5. The van der Waals surface area contributed by atoms with E-state index in [1.807, 2.05) is 6.26 Å². The van der Waals surface area contributed by atoms with Gasteiger partial charge in [-0.3, -0.25) is 0 Å². The zero-order valence-electron chi connectivity index (χ0n) is 12.3. The van der Waals surface area contributed by atoms with Gasteiger partial charge in [0.1, 0.15) is 11.0 Å². The van der Waals surface area contributed by atoms with Gasteiger partial charge in [-0.25, -0.2) is 14.8 Å². The first-order valence-electron chi connectivity index (χ1n) is 6.63. The molecule has 2 rings (SSSR count). The molecule has 2 amide bonds. The number of benzene rings is 1. The average Bonchev–Trinajstić information content (AvgIpc) is 2.53. The van der Waals surface area contributed by atoms with Crippen molar-refractivity contribution < 1.29 is 4.79 Å². The fraction of sp³-hybridized carbons (Fsp3) is 0.214. The van der Waals surface area contributed by atoms with Crippen molar-refractivity contribution in [3.05, 3.63) is 29.4 Å². The number of nitrogen functional groups attached to an aromatic ring is 1. The molecule has 6 nitrogen and oxygen atoms in total. The molecule has 0 bridgehead atoms. The molecule has 0 unspecified atom stereocenters. The summed E-state index contributed by atoms with van der Waals surface area (Å²) < 4.78 is 0. The van der Waals surface area contributed by atoms with Crippen molar-refractivity contribution in [2.45, 2.75) is 4.90 Å². The fourth-order valence-electron chi connectivity index (χ4n) is 1.80. The SMILES string of the molecule is CSc1c(N)nc(-c2ccc(NC(=O)NCCCl)cc2)nc1Cl. The van der Waals surface area contributed by atoms with E-state index in [-0.39, 0.29) is 6.03 Å². The van der Waals surface area contributed by atoms with Crippen molar-refractivity contribution in [1.82, 2.24) is 15.3 Å². The summed E-state index contributed by atoms with van der Waals surface area (Å²) in [5, 5.41) is 5.63. The maximum Gasteiger partial charge on any atom is 0.319 e. The normalized spacial score (nSPS) is 10.4. The zero-order valence-corrected chi connectivity index (χ0v) is 14.6. The van der Waals surface area contributed by atoms with Gasteiger partial charge < -0.3 is 16.4 Å². The number of hydrogen-bond donors (Lipinski definition) is 3. The molecule has 0 aliphatic rings.